The Bertz CT molecular complexity index is 996. The van der Waals surface area contributed by atoms with Crippen LogP contribution in [0.3, 0.4) is 0 Å². The van der Waals surface area contributed by atoms with E-state index >= 15 is 0 Å². The van der Waals surface area contributed by atoms with Crippen molar-refractivity contribution in [2.45, 2.75) is 31.2 Å². The standard InChI is InChI=1S/C19H16F4N4O2/c1-18(8-15(19(21,22)23)29-16(24)27-18)13-7-11(5-6-14(13)20)3-4-12-9-25-17(28-2)26-10-12/h5-7,9-10,15H,8H2,1-2H3,(H2,24,27)/t15-,18?/m0/s1. The number of aromatic nitrogens is 2. The average molecular weight is 408 g/mol. The molecule has 1 aliphatic heterocycles. The number of aliphatic imine (C=N–C) groups is 1. The van der Waals surface area contributed by atoms with E-state index in [1.807, 2.05) is 0 Å². The van der Waals surface area contributed by atoms with Gasteiger partial charge in [0, 0.05) is 29.9 Å². The average Bonchev–Trinajstić information content (AvgIpc) is 2.66. The van der Waals surface area contributed by atoms with Gasteiger partial charge < -0.3 is 15.2 Å². The van der Waals surface area contributed by atoms with Gasteiger partial charge in [-0.3, -0.25) is 0 Å². The van der Waals surface area contributed by atoms with Gasteiger partial charge >= 0.3 is 12.2 Å². The highest BCUT2D eigenvalue weighted by Gasteiger charge is 2.50. The van der Waals surface area contributed by atoms with Crippen LogP contribution in [-0.4, -0.2) is 35.4 Å². The lowest BCUT2D eigenvalue weighted by atomic mass is 9.85. The van der Waals surface area contributed by atoms with Crippen molar-refractivity contribution in [3.63, 3.8) is 0 Å². The summed E-state index contributed by atoms with van der Waals surface area (Å²) >= 11 is 0. The smallest absolute Gasteiger partial charge is 0.425 e. The summed E-state index contributed by atoms with van der Waals surface area (Å²) in [4.78, 5) is 11.8. The molecule has 1 unspecified atom stereocenters. The first-order valence-corrected chi connectivity index (χ1v) is 8.37. The minimum Gasteiger partial charge on any atom is -0.467 e. The molecule has 2 aromatic rings. The first kappa shape index (κ1) is 20.4. The number of hydrogen-bond donors (Lipinski definition) is 1. The van der Waals surface area contributed by atoms with Crippen LogP contribution in [0.4, 0.5) is 17.6 Å². The van der Waals surface area contributed by atoms with Gasteiger partial charge in [-0.25, -0.2) is 19.4 Å². The molecule has 0 amide bonds. The normalized spacial score (nSPS) is 21.4. The maximum absolute atomic E-state index is 14.5. The van der Waals surface area contributed by atoms with Crippen molar-refractivity contribution in [1.82, 2.24) is 9.97 Å². The Balaban J connectivity index is 1.95. The Morgan fingerprint density at radius 3 is 2.48 bits per heavy atom. The molecule has 0 saturated heterocycles. The van der Waals surface area contributed by atoms with Crippen LogP contribution in [0.5, 0.6) is 6.01 Å². The van der Waals surface area contributed by atoms with Crippen molar-refractivity contribution in [3.8, 4) is 17.9 Å². The van der Waals surface area contributed by atoms with Crippen molar-refractivity contribution in [2.24, 2.45) is 10.7 Å². The van der Waals surface area contributed by atoms with Crippen molar-refractivity contribution < 1.29 is 27.0 Å². The highest BCUT2D eigenvalue weighted by Crippen LogP contribution is 2.40. The second kappa shape index (κ2) is 7.58. The molecule has 3 rings (SSSR count). The highest BCUT2D eigenvalue weighted by molar-refractivity contribution is 5.73. The molecule has 0 aliphatic carbocycles. The lowest BCUT2D eigenvalue weighted by Gasteiger charge is -2.35. The molecule has 152 valence electrons. The Labute approximate surface area is 163 Å². The van der Waals surface area contributed by atoms with Crippen molar-refractivity contribution in [1.29, 1.82) is 0 Å². The van der Waals surface area contributed by atoms with Gasteiger partial charge in [0.05, 0.1) is 18.2 Å². The molecule has 2 heterocycles. The number of ether oxygens (including phenoxy) is 2. The zero-order valence-electron chi connectivity index (χ0n) is 15.4. The van der Waals surface area contributed by atoms with Crippen molar-refractivity contribution in [2.75, 3.05) is 7.11 Å². The van der Waals surface area contributed by atoms with E-state index in [0.717, 1.165) is 6.07 Å². The second-order valence-corrected chi connectivity index (χ2v) is 6.48. The van der Waals surface area contributed by atoms with E-state index in [1.54, 1.807) is 0 Å². The molecule has 29 heavy (non-hydrogen) atoms. The summed E-state index contributed by atoms with van der Waals surface area (Å²) in [5, 5.41) is 0. The van der Waals surface area contributed by atoms with Crippen LogP contribution >= 0.6 is 0 Å². The van der Waals surface area contributed by atoms with Crippen LogP contribution in [0.15, 0.2) is 35.6 Å². The third kappa shape index (κ3) is 4.56. The molecule has 6 nitrogen and oxygen atoms in total. The van der Waals surface area contributed by atoms with Gasteiger partial charge in [-0.05, 0) is 25.1 Å². The number of benzene rings is 1. The maximum Gasteiger partial charge on any atom is 0.425 e. The van der Waals surface area contributed by atoms with E-state index < -0.39 is 36.1 Å². The van der Waals surface area contributed by atoms with Crippen LogP contribution in [0.1, 0.15) is 30.0 Å². The number of hydrogen-bond acceptors (Lipinski definition) is 6. The molecule has 2 N–H and O–H groups in total. The highest BCUT2D eigenvalue weighted by atomic mass is 19.4. The largest absolute Gasteiger partial charge is 0.467 e. The molecule has 1 aliphatic rings. The van der Waals surface area contributed by atoms with Gasteiger partial charge in [0.25, 0.3) is 6.02 Å². The zero-order chi connectivity index (χ0) is 21.2. The fourth-order valence-corrected chi connectivity index (χ4v) is 2.86. The minimum absolute atomic E-state index is 0.0595. The molecule has 10 heteroatoms. The Morgan fingerprint density at radius 2 is 1.86 bits per heavy atom. The zero-order valence-corrected chi connectivity index (χ0v) is 15.4. The van der Waals surface area contributed by atoms with Gasteiger partial charge in [0.15, 0.2) is 6.10 Å². The van der Waals surface area contributed by atoms with Gasteiger partial charge in [-0.2, -0.15) is 13.2 Å². The molecular formula is C19H16F4N4O2. The monoisotopic (exact) mass is 408 g/mol. The van der Waals surface area contributed by atoms with Crippen LogP contribution < -0.4 is 10.5 Å². The number of nitrogens with zero attached hydrogens (tertiary/aromatic N) is 3. The molecule has 0 saturated carbocycles. The number of rotatable bonds is 2. The Morgan fingerprint density at radius 1 is 1.21 bits per heavy atom. The molecule has 0 fully saturated rings. The minimum atomic E-state index is -4.66. The molecule has 2 atom stereocenters. The lowest BCUT2D eigenvalue weighted by Crippen LogP contribution is -2.46. The fourth-order valence-electron chi connectivity index (χ4n) is 2.86. The van der Waals surface area contributed by atoms with E-state index in [1.165, 1.54) is 38.6 Å². The van der Waals surface area contributed by atoms with E-state index in [-0.39, 0.29) is 11.6 Å². The van der Waals surface area contributed by atoms with Gasteiger partial charge in [-0.1, -0.05) is 11.8 Å². The first-order chi connectivity index (χ1) is 13.6. The van der Waals surface area contributed by atoms with Crippen molar-refractivity contribution in [3.05, 3.63) is 53.1 Å². The number of amidine groups is 1. The van der Waals surface area contributed by atoms with E-state index in [0.29, 0.717) is 11.1 Å². The fraction of sp³-hybridized carbons (Fsp3) is 0.316. The summed E-state index contributed by atoms with van der Waals surface area (Å²) in [6.45, 7) is 1.37. The quantitative estimate of drug-likeness (QED) is 0.610. The van der Waals surface area contributed by atoms with Crippen LogP contribution in [-0.2, 0) is 10.3 Å². The van der Waals surface area contributed by atoms with Crippen LogP contribution in [0.2, 0.25) is 0 Å². The summed E-state index contributed by atoms with van der Waals surface area (Å²) in [6.07, 6.45) is -4.57. The van der Waals surface area contributed by atoms with Gasteiger partial charge in [-0.15, -0.1) is 0 Å². The maximum atomic E-state index is 14.5. The third-order valence-corrected chi connectivity index (χ3v) is 4.28. The predicted octanol–water partition coefficient (Wildman–Crippen LogP) is 2.91. The molecule has 0 radical (unpaired) electrons. The van der Waals surface area contributed by atoms with Gasteiger partial charge in [0.1, 0.15) is 5.82 Å². The summed E-state index contributed by atoms with van der Waals surface area (Å²) in [5.41, 5.74) is 4.67. The predicted molar refractivity (Wildman–Crippen MR) is 95.5 cm³/mol. The van der Waals surface area contributed by atoms with Crippen LogP contribution in [0, 0.1) is 17.7 Å². The third-order valence-electron chi connectivity index (χ3n) is 4.28. The molecule has 1 aromatic carbocycles. The van der Waals surface area contributed by atoms with E-state index in [9.17, 15) is 17.6 Å². The Kier molecular flexibility index (Phi) is 5.33. The molecule has 1 aromatic heterocycles. The summed E-state index contributed by atoms with van der Waals surface area (Å²) < 4.78 is 63.4. The number of nitrogens with two attached hydrogens (primary N) is 1. The summed E-state index contributed by atoms with van der Waals surface area (Å²) in [5.74, 6) is 4.88. The number of methoxy groups -OCH3 is 1. The van der Waals surface area contributed by atoms with Gasteiger partial charge in [0.2, 0.25) is 0 Å². The molecular weight excluding hydrogens is 392 g/mol. The second-order valence-electron chi connectivity index (χ2n) is 6.48. The molecule has 0 bridgehead atoms. The lowest BCUT2D eigenvalue weighted by molar-refractivity contribution is -0.208. The van der Waals surface area contributed by atoms with Crippen LogP contribution in [0.25, 0.3) is 0 Å². The SMILES string of the molecule is COc1ncc(C#Cc2ccc(F)c(C3(C)C[C@@H](C(F)(F)F)OC(N)=N3)c2)cn1. The summed E-state index contributed by atoms with van der Waals surface area (Å²) in [7, 11) is 1.43. The Hall–Kier alpha value is -3.35. The van der Waals surface area contributed by atoms with Crippen molar-refractivity contribution >= 4 is 6.02 Å². The molecule has 0 spiro atoms. The topological polar surface area (TPSA) is 82.6 Å². The summed E-state index contributed by atoms with van der Waals surface area (Å²) in [6, 6.07) is 3.42. The number of alkyl halides is 3. The number of halogens is 4. The van der Waals surface area contributed by atoms with E-state index in [4.69, 9.17) is 10.5 Å². The first-order valence-electron chi connectivity index (χ1n) is 8.37. The van der Waals surface area contributed by atoms with E-state index in [2.05, 4.69) is 31.5 Å².